The predicted molar refractivity (Wildman–Crippen MR) is 66.6 cm³/mol. The minimum absolute atomic E-state index is 0.860. The second-order valence-electron chi connectivity index (χ2n) is 3.80. The Hall–Kier alpha value is -2.35. The molecule has 0 bridgehead atoms. The maximum atomic E-state index is 5.81. The van der Waals surface area contributed by atoms with Crippen molar-refractivity contribution in [1.29, 1.82) is 0 Å². The van der Waals surface area contributed by atoms with Crippen LogP contribution in [-0.2, 0) is 0 Å². The van der Waals surface area contributed by atoms with Crippen molar-refractivity contribution in [2.24, 2.45) is 0 Å². The molecule has 0 fully saturated rings. The number of benzene rings is 2. The fourth-order valence-corrected chi connectivity index (χ4v) is 1.83. The lowest BCUT2D eigenvalue weighted by Gasteiger charge is -2.02. The Balaban J connectivity index is 2.06. The zero-order chi connectivity index (χ0) is 11.5. The van der Waals surface area contributed by atoms with Gasteiger partial charge >= 0.3 is 0 Å². The average Bonchev–Trinajstić information content (AvgIpc) is 2.40. The molecule has 0 aliphatic rings. The van der Waals surface area contributed by atoms with Gasteiger partial charge in [0.25, 0.3) is 0 Å². The van der Waals surface area contributed by atoms with Gasteiger partial charge < -0.3 is 0 Å². The van der Waals surface area contributed by atoms with Crippen molar-refractivity contribution in [1.82, 2.24) is 0 Å². The second-order valence-corrected chi connectivity index (χ2v) is 3.80. The first-order valence-electron chi connectivity index (χ1n) is 5.56. The molecule has 82 valence electrons. The molecule has 0 spiro atoms. The zero-order valence-corrected chi connectivity index (χ0v) is 9.28. The van der Waals surface area contributed by atoms with Crippen molar-refractivity contribution in [3.05, 3.63) is 73.1 Å². The van der Waals surface area contributed by atoms with Gasteiger partial charge in [0.05, 0.1) is 0 Å². The molecule has 0 amide bonds. The first kappa shape index (κ1) is 9.85. The highest BCUT2D eigenvalue weighted by Gasteiger charge is 2.06. The van der Waals surface area contributed by atoms with Crippen LogP contribution in [0.15, 0.2) is 73.1 Å². The van der Waals surface area contributed by atoms with Gasteiger partial charge in [-0.1, -0.05) is 42.5 Å². The van der Waals surface area contributed by atoms with Gasteiger partial charge in [-0.2, -0.15) is 0 Å². The molecule has 3 rings (SSSR count). The highest BCUT2D eigenvalue weighted by Crippen LogP contribution is 2.24. The van der Waals surface area contributed by atoms with E-state index in [1.807, 2.05) is 54.9 Å². The minimum Gasteiger partial charge on any atom is -0.231 e. The standard InChI is InChI=1S/C15H12NO/c1-4-11-16(12-5-1)17-15-10-6-8-13-7-2-3-9-14(13)15/h1-12H/q+1. The van der Waals surface area contributed by atoms with Crippen molar-refractivity contribution >= 4 is 10.8 Å². The van der Waals surface area contributed by atoms with Gasteiger partial charge in [-0.05, 0) is 11.5 Å². The molecule has 1 aromatic heterocycles. The smallest absolute Gasteiger partial charge is 0.223 e. The normalized spacial score (nSPS) is 10.4. The van der Waals surface area contributed by atoms with Crippen LogP contribution in [0.5, 0.6) is 5.75 Å². The van der Waals surface area contributed by atoms with Crippen LogP contribution in [0.25, 0.3) is 10.8 Å². The number of aromatic nitrogens is 1. The molecule has 3 aromatic rings. The van der Waals surface area contributed by atoms with E-state index < -0.39 is 0 Å². The Morgan fingerprint density at radius 2 is 1.47 bits per heavy atom. The molecular formula is C15H12NO+. The van der Waals surface area contributed by atoms with Crippen molar-refractivity contribution in [2.45, 2.75) is 0 Å². The molecule has 2 nitrogen and oxygen atoms in total. The molecule has 1 heterocycles. The third kappa shape index (κ3) is 1.97. The highest BCUT2D eigenvalue weighted by molar-refractivity contribution is 5.88. The van der Waals surface area contributed by atoms with E-state index in [1.54, 1.807) is 4.73 Å². The Morgan fingerprint density at radius 1 is 0.706 bits per heavy atom. The van der Waals surface area contributed by atoms with Gasteiger partial charge in [0.15, 0.2) is 0 Å². The summed E-state index contributed by atoms with van der Waals surface area (Å²) in [7, 11) is 0. The highest BCUT2D eigenvalue weighted by atomic mass is 16.7. The summed E-state index contributed by atoms with van der Waals surface area (Å²) in [5, 5.41) is 2.30. The molecule has 0 aliphatic carbocycles. The van der Waals surface area contributed by atoms with E-state index in [9.17, 15) is 0 Å². The fraction of sp³-hybridized carbons (Fsp3) is 0. The van der Waals surface area contributed by atoms with E-state index in [0.29, 0.717) is 0 Å². The first-order valence-corrected chi connectivity index (χ1v) is 5.56. The molecule has 0 saturated heterocycles. The molecule has 2 heteroatoms. The van der Waals surface area contributed by atoms with Crippen LogP contribution >= 0.6 is 0 Å². The molecule has 0 radical (unpaired) electrons. The SMILES string of the molecule is c1cc[n+](Oc2cccc3ccccc23)cc1. The van der Waals surface area contributed by atoms with Crippen LogP contribution in [0.1, 0.15) is 0 Å². The third-order valence-corrected chi connectivity index (χ3v) is 2.64. The van der Waals surface area contributed by atoms with Gasteiger partial charge in [0, 0.05) is 22.2 Å². The van der Waals surface area contributed by atoms with E-state index in [0.717, 1.165) is 11.1 Å². The Kier molecular flexibility index (Phi) is 2.47. The van der Waals surface area contributed by atoms with Gasteiger partial charge in [0.1, 0.15) is 0 Å². The van der Waals surface area contributed by atoms with Crippen molar-refractivity contribution in [3.8, 4) is 5.75 Å². The number of hydrogen-bond donors (Lipinski definition) is 0. The Bertz CT molecular complexity index is 629. The topological polar surface area (TPSA) is 13.1 Å². The Labute approximate surface area is 99.7 Å². The summed E-state index contributed by atoms with van der Waals surface area (Å²) in [6.45, 7) is 0. The summed E-state index contributed by atoms with van der Waals surface area (Å²) in [5.41, 5.74) is 0. The summed E-state index contributed by atoms with van der Waals surface area (Å²) in [6.07, 6.45) is 3.75. The molecule has 17 heavy (non-hydrogen) atoms. The Morgan fingerprint density at radius 3 is 2.35 bits per heavy atom. The number of fused-ring (bicyclic) bond motifs is 1. The van der Waals surface area contributed by atoms with E-state index in [4.69, 9.17) is 4.84 Å². The number of hydrogen-bond acceptors (Lipinski definition) is 1. The van der Waals surface area contributed by atoms with Crippen molar-refractivity contribution in [2.75, 3.05) is 0 Å². The van der Waals surface area contributed by atoms with Crippen LogP contribution in [0.2, 0.25) is 0 Å². The minimum atomic E-state index is 0.860. The van der Waals surface area contributed by atoms with E-state index in [-0.39, 0.29) is 0 Å². The summed E-state index contributed by atoms with van der Waals surface area (Å²) in [6, 6.07) is 20.1. The molecular weight excluding hydrogens is 210 g/mol. The van der Waals surface area contributed by atoms with Crippen LogP contribution in [0.3, 0.4) is 0 Å². The zero-order valence-electron chi connectivity index (χ0n) is 9.28. The van der Waals surface area contributed by atoms with Gasteiger partial charge in [-0.3, -0.25) is 0 Å². The van der Waals surface area contributed by atoms with Crippen LogP contribution in [0, 0.1) is 0 Å². The van der Waals surface area contributed by atoms with Gasteiger partial charge in [-0.25, -0.2) is 4.84 Å². The number of rotatable bonds is 2. The molecule has 0 N–H and O–H groups in total. The van der Waals surface area contributed by atoms with Crippen LogP contribution < -0.4 is 9.57 Å². The molecule has 0 atom stereocenters. The van der Waals surface area contributed by atoms with Crippen LogP contribution in [-0.4, -0.2) is 0 Å². The van der Waals surface area contributed by atoms with Gasteiger partial charge in [-0.15, -0.1) is 0 Å². The predicted octanol–water partition coefficient (Wildman–Crippen LogP) is 2.97. The van der Waals surface area contributed by atoms with E-state index in [2.05, 4.69) is 18.2 Å². The fourth-order valence-electron chi connectivity index (χ4n) is 1.83. The summed E-state index contributed by atoms with van der Waals surface area (Å²) < 4.78 is 1.70. The van der Waals surface area contributed by atoms with E-state index in [1.165, 1.54) is 5.39 Å². The lowest BCUT2D eigenvalue weighted by Crippen LogP contribution is -2.38. The third-order valence-electron chi connectivity index (χ3n) is 2.64. The second kappa shape index (κ2) is 4.26. The number of nitrogens with zero attached hydrogens (tertiary/aromatic N) is 1. The lowest BCUT2D eigenvalue weighted by molar-refractivity contribution is -0.874. The average molecular weight is 222 g/mol. The summed E-state index contributed by atoms with van der Waals surface area (Å²) in [4.78, 5) is 5.81. The summed E-state index contributed by atoms with van der Waals surface area (Å²) >= 11 is 0. The monoisotopic (exact) mass is 222 g/mol. The maximum absolute atomic E-state index is 5.81. The number of pyridine rings is 1. The largest absolute Gasteiger partial charge is 0.231 e. The first-order chi connectivity index (χ1) is 8.43. The molecule has 0 unspecified atom stereocenters. The molecule has 0 saturated carbocycles. The summed E-state index contributed by atoms with van der Waals surface area (Å²) in [5.74, 6) is 0.860. The molecule has 2 aromatic carbocycles. The van der Waals surface area contributed by atoms with Gasteiger partial charge in [0.2, 0.25) is 18.1 Å². The van der Waals surface area contributed by atoms with Crippen LogP contribution in [0.4, 0.5) is 0 Å². The molecule has 0 aliphatic heterocycles. The van der Waals surface area contributed by atoms with Crippen molar-refractivity contribution < 1.29 is 9.57 Å². The lowest BCUT2D eigenvalue weighted by atomic mass is 10.1. The van der Waals surface area contributed by atoms with E-state index >= 15 is 0 Å². The maximum Gasteiger partial charge on any atom is 0.223 e. The quantitative estimate of drug-likeness (QED) is 0.607. The van der Waals surface area contributed by atoms with Crippen molar-refractivity contribution in [3.63, 3.8) is 0 Å².